The summed E-state index contributed by atoms with van der Waals surface area (Å²) in [6, 6.07) is 0. The summed E-state index contributed by atoms with van der Waals surface area (Å²) in [5.41, 5.74) is 0. The molecule has 14 heavy (non-hydrogen) atoms. The lowest BCUT2D eigenvalue weighted by Crippen LogP contribution is -2.46. The fourth-order valence-corrected chi connectivity index (χ4v) is 0.474. The Balaban J connectivity index is 5.03. The van der Waals surface area contributed by atoms with Crippen LogP contribution in [0.3, 0.4) is 0 Å². The predicted molar refractivity (Wildman–Crippen MR) is 32.1 cm³/mol. The standard InChI is InChI=1S/C6H5F7O/c1-14-2-3(7)5(10,11)6(12,13)4(8)9/h2,4H,1H3/b3-2-. The number of alkyl halides is 6. The van der Waals surface area contributed by atoms with Crippen molar-refractivity contribution in [1.29, 1.82) is 0 Å². The van der Waals surface area contributed by atoms with Crippen molar-refractivity contribution in [2.75, 3.05) is 7.11 Å². The van der Waals surface area contributed by atoms with E-state index in [4.69, 9.17) is 0 Å². The fourth-order valence-electron chi connectivity index (χ4n) is 0.474. The second-order valence-corrected chi connectivity index (χ2v) is 2.20. The van der Waals surface area contributed by atoms with E-state index in [9.17, 15) is 30.7 Å². The molecule has 0 radical (unpaired) electrons. The first-order valence-corrected chi connectivity index (χ1v) is 3.10. The van der Waals surface area contributed by atoms with Gasteiger partial charge in [-0.25, -0.2) is 13.2 Å². The Morgan fingerprint density at radius 1 is 1.21 bits per heavy atom. The van der Waals surface area contributed by atoms with Gasteiger partial charge in [-0.15, -0.1) is 0 Å². The van der Waals surface area contributed by atoms with E-state index in [2.05, 4.69) is 4.74 Å². The third-order valence-electron chi connectivity index (χ3n) is 1.21. The minimum Gasteiger partial charge on any atom is -0.501 e. The molecule has 0 saturated heterocycles. The highest BCUT2D eigenvalue weighted by Gasteiger charge is 2.66. The fraction of sp³-hybridized carbons (Fsp3) is 0.667. The van der Waals surface area contributed by atoms with Crippen LogP contribution < -0.4 is 0 Å². The average Bonchev–Trinajstić information content (AvgIpc) is 2.04. The molecule has 0 rings (SSSR count). The maximum Gasteiger partial charge on any atom is 0.376 e. The van der Waals surface area contributed by atoms with Gasteiger partial charge in [0.25, 0.3) is 0 Å². The normalized spacial score (nSPS) is 14.8. The van der Waals surface area contributed by atoms with Gasteiger partial charge in [-0.05, 0) is 0 Å². The maximum absolute atomic E-state index is 12.3. The van der Waals surface area contributed by atoms with Crippen molar-refractivity contribution in [3.63, 3.8) is 0 Å². The molecule has 0 aromatic heterocycles. The second kappa shape index (κ2) is 4.05. The molecule has 84 valence electrons. The van der Waals surface area contributed by atoms with Gasteiger partial charge in [-0.1, -0.05) is 0 Å². The first-order valence-electron chi connectivity index (χ1n) is 3.10. The molecule has 0 saturated carbocycles. The number of methoxy groups -OCH3 is 1. The van der Waals surface area contributed by atoms with E-state index in [1.54, 1.807) is 0 Å². The molecule has 0 N–H and O–H groups in total. The van der Waals surface area contributed by atoms with Crippen LogP contribution in [0.25, 0.3) is 0 Å². The minimum atomic E-state index is -5.77. The summed E-state index contributed by atoms with van der Waals surface area (Å²) in [6.45, 7) is 0. The maximum atomic E-state index is 12.3. The van der Waals surface area contributed by atoms with Gasteiger partial charge in [0, 0.05) is 0 Å². The molecule has 0 spiro atoms. The lowest BCUT2D eigenvalue weighted by Gasteiger charge is -2.23. The van der Waals surface area contributed by atoms with Crippen LogP contribution in [0.15, 0.2) is 12.1 Å². The number of rotatable bonds is 4. The third-order valence-corrected chi connectivity index (χ3v) is 1.21. The molecule has 0 aromatic carbocycles. The van der Waals surface area contributed by atoms with Gasteiger partial charge >= 0.3 is 18.3 Å². The number of hydrogen-bond donors (Lipinski definition) is 0. The summed E-state index contributed by atoms with van der Waals surface area (Å²) in [4.78, 5) is 0. The monoisotopic (exact) mass is 226 g/mol. The number of halogens is 7. The second-order valence-electron chi connectivity index (χ2n) is 2.20. The Bertz CT molecular complexity index is 222. The average molecular weight is 226 g/mol. The van der Waals surface area contributed by atoms with Crippen LogP contribution >= 0.6 is 0 Å². The minimum absolute atomic E-state index is 0.365. The van der Waals surface area contributed by atoms with E-state index in [0.717, 1.165) is 0 Å². The highest BCUT2D eigenvalue weighted by Crippen LogP contribution is 2.44. The molecule has 0 unspecified atom stereocenters. The first-order chi connectivity index (χ1) is 6.17. The number of ether oxygens (including phenoxy) is 1. The summed E-state index contributed by atoms with van der Waals surface area (Å²) >= 11 is 0. The van der Waals surface area contributed by atoms with E-state index in [0.29, 0.717) is 7.11 Å². The van der Waals surface area contributed by atoms with E-state index in [1.165, 1.54) is 0 Å². The predicted octanol–water partition coefficient (Wildman–Crippen LogP) is 2.98. The zero-order valence-electron chi connectivity index (χ0n) is 6.71. The molecule has 0 aliphatic rings. The molecule has 0 fully saturated rings. The summed E-state index contributed by atoms with van der Waals surface area (Å²) in [5.74, 6) is -14.1. The van der Waals surface area contributed by atoms with Gasteiger partial charge in [0.1, 0.15) is 6.26 Å². The van der Waals surface area contributed by atoms with Crippen molar-refractivity contribution < 1.29 is 35.5 Å². The van der Waals surface area contributed by atoms with Crippen molar-refractivity contribution in [1.82, 2.24) is 0 Å². The lowest BCUT2D eigenvalue weighted by molar-refractivity contribution is -0.253. The largest absolute Gasteiger partial charge is 0.501 e. The molecule has 0 bridgehead atoms. The van der Waals surface area contributed by atoms with Crippen molar-refractivity contribution in [3.05, 3.63) is 12.1 Å². The quantitative estimate of drug-likeness (QED) is 0.529. The van der Waals surface area contributed by atoms with Crippen LogP contribution in [0.4, 0.5) is 30.7 Å². The summed E-state index contributed by atoms with van der Waals surface area (Å²) in [7, 11) is 0.705. The molecular formula is C6H5F7O. The van der Waals surface area contributed by atoms with Crippen molar-refractivity contribution >= 4 is 0 Å². The highest BCUT2D eigenvalue weighted by molar-refractivity contribution is 5.09. The Morgan fingerprint density at radius 2 is 1.64 bits per heavy atom. The summed E-state index contributed by atoms with van der Waals surface area (Å²) < 4.78 is 87.4. The molecule has 0 aliphatic carbocycles. The first kappa shape index (κ1) is 13.0. The van der Waals surface area contributed by atoms with Gasteiger partial charge in [0.05, 0.1) is 7.11 Å². The number of hydrogen-bond acceptors (Lipinski definition) is 1. The summed E-state index contributed by atoms with van der Waals surface area (Å²) in [5, 5.41) is 0. The molecule has 0 atom stereocenters. The lowest BCUT2D eigenvalue weighted by atomic mass is 10.1. The smallest absolute Gasteiger partial charge is 0.376 e. The van der Waals surface area contributed by atoms with E-state index >= 15 is 0 Å². The topological polar surface area (TPSA) is 9.23 Å². The number of allylic oxidation sites excluding steroid dienone is 1. The summed E-state index contributed by atoms with van der Waals surface area (Å²) in [6.07, 6.45) is -5.04. The van der Waals surface area contributed by atoms with Gasteiger partial charge in [0.15, 0.2) is 0 Å². The van der Waals surface area contributed by atoms with Crippen LogP contribution in [0.1, 0.15) is 0 Å². The third kappa shape index (κ3) is 2.10. The van der Waals surface area contributed by atoms with E-state index in [1.807, 2.05) is 0 Å². The van der Waals surface area contributed by atoms with Crippen molar-refractivity contribution in [3.8, 4) is 0 Å². The SMILES string of the molecule is CO/C=C(\F)C(F)(F)C(F)(F)C(F)F. The van der Waals surface area contributed by atoms with Crippen LogP contribution in [-0.2, 0) is 4.74 Å². The van der Waals surface area contributed by atoms with Crippen LogP contribution in [-0.4, -0.2) is 25.4 Å². The van der Waals surface area contributed by atoms with Crippen LogP contribution in [0.2, 0.25) is 0 Å². The van der Waals surface area contributed by atoms with Gasteiger partial charge in [-0.2, -0.15) is 17.6 Å². The Kier molecular flexibility index (Phi) is 3.78. The molecule has 0 heterocycles. The highest BCUT2D eigenvalue weighted by atomic mass is 19.3. The molecule has 8 heteroatoms. The molecule has 0 aromatic rings. The van der Waals surface area contributed by atoms with Crippen LogP contribution in [0, 0.1) is 0 Å². The van der Waals surface area contributed by atoms with Crippen LogP contribution in [0.5, 0.6) is 0 Å². The zero-order chi connectivity index (χ0) is 11.6. The van der Waals surface area contributed by atoms with E-state index < -0.39 is 24.1 Å². The van der Waals surface area contributed by atoms with Crippen molar-refractivity contribution in [2.24, 2.45) is 0 Å². The zero-order valence-corrected chi connectivity index (χ0v) is 6.71. The molecule has 0 aliphatic heterocycles. The van der Waals surface area contributed by atoms with Gasteiger partial charge in [0.2, 0.25) is 5.83 Å². The Hall–Kier alpha value is -0.950. The van der Waals surface area contributed by atoms with Gasteiger partial charge < -0.3 is 4.74 Å². The molecular weight excluding hydrogens is 221 g/mol. The Labute approximate surface area is 74.1 Å². The Morgan fingerprint density at radius 3 is 1.93 bits per heavy atom. The van der Waals surface area contributed by atoms with Gasteiger partial charge in [-0.3, -0.25) is 0 Å². The molecule has 0 amide bonds. The molecule has 1 nitrogen and oxygen atoms in total. The van der Waals surface area contributed by atoms with E-state index in [-0.39, 0.29) is 6.26 Å². The van der Waals surface area contributed by atoms with Crippen molar-refractivity contribution in [2.45, 2.75) is 18.3 Å².